The zero-order valence-electron chi connectivity index (χ0n) is 14.7. The smallest absolute Gasteiger partial charge is 0.307 e. The van der Waals surface area contributed by atoms with Crippen molar-refractivity contribution >= 4 is 17.4 Å². The number of rotatable bonds is 10. The predicted molar refractivity (Wildman–Crippen MR) is 91.0 cm³/mol. The van der Waals surface area contributed by atoms with E-state index < -0.39 is 30.4 Å². The van der Waals surface area contributed by atoms with E-state index in [0.717, 1.165) is 5.69 Å². The summed E-state index contributed by atoms with van der Waals surface area (Å²) in [7, 11) is 1.57. The topological polar surface area (TPSA) is 64.6 Å². The highest BCUT2D eigenvalue weighted by Gasteiger charge is 2.32. The Kier molecular flexibility index (Phi) is 8.22. The van der Waals surface area contributed by atoms with Crippen LogP contribution in [-0.4, -0.2) is 38.2 Å². The number of Topliss-reactive ketones (excluding diaryl/α,β-unsaturated/α-hetero) is 1. The fourth-order valence-electron chi connectivity index (χ4n) is 2.72. The number of hydrogen-bond donors (Lipinski definition) is 1. The summed E-state index contributed by atoms with van der Waals surface area (Å²) in [5, 5.41) is 3.17. The Morgan fingerprint density at radius 1 is 1.21 bits per heavy atom. The molecule has 6 heteroatoms. The molecule has 0 saturated carbocycles. The van der Waals surface area contributed by atoms with Crippen LogP contribution in [0.3, 0.4) is 0 Å². The lowest BCUT2D eigenvalue weighted by molar-refractivity contribution is -0.144. The number of alkyl halides is 1. The Labute approximate surface area is 142 Å². The number of esters is 1. The first-order chi connectivity index (χ1) is 11.4. The monoisotopic (exact) mass is 339 g/mol. The van der Waals surface area contributed by atoms with Gasteiger partial charge in [-0.2, -0.15) is 0 Å². The standard InChI is InChI=1S/C18H26FNO4/c1-5-24-17(22)10-15(18(12(2)3)16(21)11-19)20-13-6-8-14(23-4)9-7-13/h6-9,12,15,18,20H,5,10-11H2,1-4H3/t15-,18+/m1/s1. The summed E-state index contributed by atoms with van der Waals surface area (Å²) < 4.78 is 23.1. The molecule has 1 aromatic rings. The Morgan fingerprint density at radius 3 is 2.29 bits per heavy atom. The van der Waals surface area contributed by atoms with Crippen LogP contribution in [0.1, 0.15) is 27.2 Å². The average Bonchev–Trinajstić information content (AvgIpc) is 2.55. The largest absolute Gasteiger partial charge is 0.497 e. The van der Waals surface area contributed by atoms with Crippen LogP contribution in [0.2, 0.25) is 0 Å². The van der Waals surface area contributed by atoms with Crippen LogP contribution in [-0.2, 0) is 14.3 Å². The van der Waals surface area contributed by atoms with E-state index in [1.54, 1.807) is 38.3 Å². The molecule has 0 aliphatic carbocycles. The van der Waals surface area contributed by atoms with Gasteiger partial charge in [0.15, 0.2) is 5.78 Å². The van der Waals surface area contributed by atoms with Gasteiger partial charge >= 0.3 is 5.97 Å². The van der Waals surface area contributed by atoms with E-state index in [4.69, 9.17) is 9.47 Å². The maximum Gasteiger partial charge on any atom is 0.307 e. The van der Waals surface area contributed by atoms with Crippen LogP contribution in [0.5, 0.6) is 5.75 Å². The van der Waals surface area contributed by atoms with Gasteiger partial charge in [0.1, 0.15) is 12.4 Å². The number of nitrogens with one attached hydrogen (secondary N) is 1. The number of ketones is 1. The van der Waals surface area contributed by atoms with Gasteiger partial charge in [-0.05, 0) is 37.1 Å². The fourth-order valence-corrected chi connectivity index (χ4v) is 2.72. The first kappa shape index (κ1) is 19.9. The number of benzene rings is 1. The maximum atomic E-state index is 13.0. The lowest BCUT2D eigenvalue weighted by Gasteiger charge is -2.29. The van der Waals surface area contributed by atoms with Crippen LogP contribution in [0, 0.1) is 11.8 Å². The van der Waals surface area contributed by atoms with Gasteiger partial charge in [0.05, 0.1) is 20.1 Å². The molecule has 0 aliphatic rings. The third-order valence-electron chi connectivity index (χ3n) is 3.79. The van der Waals surface area contributed by atoms with E-state index in [1.165, 1.54) is 0 Å². The number of ether oxygens (including phenoxy) is 2. The minimum Gasteiger partial charge on any atom is -0.497 e. The molecule has 0 heterocycles. The van der Waals surface area contributed by atoms with Crippen molar-refractivity contribution in [1.29, 1.82) is 0 Å². The third kappa shape index (κ3) is 5.83. The minimum absolute atomic E-state index is 0.00550. The highest BCUT2D eigenvalue weighted by Crippen LogP contribution is 2.25. The molecule has 0 unspecified atom stereocenters. The van der Waals surface area contributed by atoms with Gasteiger partial charge in [-0.1, -0.05) is 13.8 Å². The highest BCUT2D eigenvalue weighted by atomic mass is 19.1. The van der Waals surface area contributed by atoms with E-state index in [2.05, 4.69) is 5.32 Å². The van der Waals surface area contributed by atoms with Crippen molar-refractivity contribution in [3.05, 3.63) is 24.3 Å². The molecule has 0 amide bonds. The van der Waals surface area contributed by atoms with Gasteiger partial charge in [0.25, 0.3) is 0 Å². The maximum absolute atomic E-state index is 13.0. The molecule has 0 fully saturated rings. The van der Waals surface area contributed by atoms with Crippen LogP contribution in [0.4, 0.5) is 10.1 Å². The molecule has 5 nitrogen and oxygen atoms in total. The van der Waals surface area contributed by atoms with Crippen molar-refractivity contribution in [2.75, 3.05) is 25.7 Å². The van der Waals surface area contributed by atoms with Crippen molar-refractivity contribution in [3.8, 4) is 5.75 Å². The molecule has 2 atom stereocenters. The second-order valence-electron chi connectivity index (χ2n) is 5.86. The number of halogens is 1. The number of carbonyl (C=O) groups is 2. The predicted octanol–water partition coefficient (Wildman–Crippen LogP) is 3.24. The van der Waals surface area contributed by atoms with Crippen molar-refractivity contribution < 1.29 is 23.5 Å². The second kappa shape index (κ2) is 9.90. The Bertz CT molecular complexity index is 530. The summed E-state index contributed by atoms with van der Waals surface area (Å²) in [6.45, 7) is 4.61. The van der Waals surface area contributed by atoms with Gasteiger partial charge in [-0.3, -0.25) is 9.59 Å². The van der Waals surface area contributed by atoms with Gasteiger partial charge in [0.2, 0.25) is 0 Å². The lowest BCUT2D eigenvalue weighted by Crippen LogP contribution is -2.40. The Balaban J connectivity index is 3.01. The van der Waals surface area contributed by atoms with Crippen molar-refractivity contribution in [2.24, 2.45) is 11.8 Å². The third-order valence-corrected chi connectivity index (χ3v) is 3.79. The fraction of sp³-hybridized carbons (Fsp3) is 0.556. The Hall–Kier alpha value is -2.11. The number of anilines is 1. The van der Waals surface area contributed by atoms with E-state index in [9.17, 15) is 14.0 Å². The molecule has 0 aromatic heterocycles. The first-order valence-electron chi connectivity index (χ1n) is 8.07. The van der Waals surface area contributed by atoms with Gasteiger partial charge in [0, 0.05) is 17.6 Å². The van der Waals surface area contributed by atoms with E-state index in [0.29, 0.717) is 5.75 Å². The molecular weight excluding hydrogens is 313 g/mol. The quantitative estimate of drug-likeness (QED) is 0.663. The van der Waals surface area contributed by atoms with Gasteiger partial charge in [-0.25, -0.2) is 4.39 Å². The van der Waals surface area contributed by atoms with Crippen LogP contribution >= 0.6 is 0 Å². The molecule has 134 valence electrons. The zero-order valence-corrected chi connectivity index (χ0v) is 14.7. The van der Waals surface area contributed by atoms with Crippen molar-refractivity contribution in [1.82, 2.24) is 0 Å². The highest BCUT2D eigenvalue weighted by molar-refractivity contribution is 5.84. The normalized spacial score (nSPS) is 13.2. The zero-order chi connectivity index (χ0) is 18.1. The molecule has 1 rings (SSSR count). The lowest BCUT2D eigenvalue weighted by atomic mass is 9.83. The molecule has 24 heavy (non-hydrogen) atoms. The molecule has 0 radical (unpaired) electrons. The average molecular weight is 339 g/mol. The van der Waals surface area contributed by atoms with Crippen molar-refractivity contribution in [3.63, 3.8) is 0 Å². The number of carbonyl (C=O) groups excluding carboxylic acids is 2. The summed E-state index contributed by atoms with van der Waals surface area (Å²) in [6, 6.07) is 6.57. The summed E-state index contributed by atoms with van der Waals surface area (Å²) in [5.74, 6) is -0.969. The second-order valence-corrected chi connectivity index (χ2v) is 5.86. The molecule has 0 bridgehead atoms. The molecule has 0 spiro atoms. The summed E-state index contributed by atoms with van der Waals surface area (Å²) in [4.78, 5) is 23.9. The van der Waals surface area contributed by atoms with E-state index in [-0.39, 0.29) is 18.9 Å². The SMILES string of the molecule is CCOC(=O)C[C@@H](Nc1ccc(OC)cc1)[C@@H](C(=O)CF)C(C)C. The summed E-state index contributed by atoms with van der Waals surface area (Å²) in [6.07, 6.45) is -0.00550. The van der Waals surface area contributed by atoms with Gasteiger partial charge < -0.3 is 14.8 Å². The molecule has 1 aromatic carbocycles. The molecule has 1 N–H and O–H groups in total. The molecular formula is C18H26FNO4. The summed E-state index contributed by atoms with van der Waals surface area (Å²) in [5.41, 5.74) is 0.724. The van der Waals surface area contributed by atoms with E-state index >= 15 is 0 Å². The van der Waals surface area contributed by atoms with Crippen LogP contribution < -0.4 is 10.1 Å². The van der Waals surface area contributed by atoms with Crippen LogP contribution in [0.15, 0.2) is 24.3 Å². The summed E-state index contributed by atoms with van der Waals surface area (Å²) >= 11 is 0. The number of methoxy groups -OCH3 is 1. The molecule has 0 aliphatic heterocycles. The van der Waals surface area contributed by atoms with Gasteiger partial charge in [-0.15, -0.1) is 0 Å². The minimum atomic E-state index is -1.05. The first-order valence-corrected chi connectivity index (χ1v) is 8.07. The Morgan fingerprint density at radius 2 is 1.83 bits per heavy atom. The number of hydrogen-bond acceptors (Lipinski definition) is 5. The molecule has 0 saturated heterocycles. The van der Waals surface area contributed by atoms with Crippen molar-refractivity contribution in [2.45, 2.75) is 33.2 Å². The van der Waals surface area contributed by atoms with E-state index in [1.807, 2.05) is 13.8 Å². The van der Waals surface area contributed by atoms with Crippen LogP contribution in [0.25, 0.3) is 0 Å².